The minimum absolute atomic E-state index is 0.138. The molecule has 0 bridgehead atoms. The molecule has 0 spiro atoms. The molecule has 0 aliphatic carbocycles. The molecule has 2 heterocycles. The Morgan fingerprint density at radius 2 is 1.86 bits per heavy atom. The van der Waals surface area contributed by atoms with Gasteiger partial charge < -0.3 is 15.5 Å². The fourth-order valence-electron chi connectivity index (χ4n) is 3.45. The Morgan fingerprint density at radius 3 is 2.59 bits per heavy atom. The van der Waals surface area contributed by atoms with E-state index in [-0.39, 0.29) is 5.91 Å². The van der Waals surface area contributed by atoms with Crippen molar-refractivity contribution in [3.05, 3.63) is 35.9 Å². The third-order valence-electron chi connectivity index (χ3n) is 4.68. The second-order valence-corrected chi connectivity index (χ2v) is 6.34. The van der Waals surface area contributed by atoms with Crippen molar-refractivity contribution >= 4 is 17.7 Å². The minimum Gasteiger partial charge on any atom is -0.399 e. The van der Waals surface area contributed by atoms with Gasteiger partial charge in [-0.25, -0.2) is 0 Å². The topological polar surface area (TPSA) is 49.6 Å². The Hall–Kier alpha value is -1.81. The van der Waals surface area contributed by atoms with Crippen molar-refractivity contribution in [3.8, 4) is 0 Å². The van der Waals surface area contributed by atoms with Gasteiger partial charge in [0.05, 0.1) is 0 Å². The van der Waals surface area contributed by atoms with Gasteiger partial charge in [-0.3, -0.25) is 4.79 Å². The number of carbonyl (C=O) groups is 1. The van der Waals surface area contributed by atoms with E-state index in [0.29, 0.717) is 6.04 Å². The van der Waals surface area contributed by atoms with E-state index >= 15 is 0 Å². The Labute approximate surface area is 132 Å². The predicted octanol–water partition coefficient (Wildman–Crippen LogP) is 2.37. The molecule has 4 nitrogen and oxygen atoms in total. The maximum Gasteiger partial charge on any atom is 0.246 e. The zero-order valence-electron chi connectivity index (χ0n) is 13.1. The molecular weight excluding hydrogens is 274 g/mol. The van der Waals surface area contributed by atoms with Gasteiger partial charge in [-0.05, 0) is 62.5 Å². The summed E-state index contributed by atoms with van der Waals surface area (Å²) in [4.78, 5) is 17.0. The lowest BCUT2D eigenvalue weighted by molar-refractivity contribution is -0.127. The number of carbonyl (C=O) groups excluding carboxylic acids is 1. The smallest absolute Gasteiger partial charge is 0.246 e. The fraction of sp³-hybridized carbons (Fsp3) is 0.500. The number of hydrogen-bond acceptors (Lipinski definition) is 3. The van der Waals surface area contributed by atoms with Gasteiger partial charge >= 0.3 is 0 Å². The van der Waals surface area contributed by atoms with Gasteiger partial charge in [0.2, 0.25) is 5.91 Å². The van der Waals surface area contributed by atoms with E-state index in [4.69, 9.17) is 5.73 Å². The number of amides is 1. The molecule has 22 heavy (non-hydrogen) atoms. The molecule has 0 aromatic heterocycles. The lowest BCUT2D eigenvalue weighted by Gasteiger charge is -2.27. The van der Waals surface area contributed by atoms with Crippen LogP contribution in [0.2, 0.25) is 0 Å². The van der Waals surface area contributed by atoms with Crippen LogP contribution in [0.5, 0.6) is 0 Å². The molecule has 3 rings (SSSR count). The molecule has 1 amide bonds. The molecule has 0 saturated carbocycles. The molecule has 4 heteroatoms. The van der Waals surface area contributed by atoms with Crippen LogP contribution in [0.15, 0.2) is 30.3 Å². The van der Waals surface area contributed by atoms with Gasteiger partial charge in [0.25, 0.3) is 0 Å². The molecular formula is C18H25N3O. The van der Waals surface area contributed by atoms with Crippen molar-refractivity contribution in [1.82, 2.24) is 9.80 Å². The Balaban J connectivity index is 1.59. The van der Waals surface area contributed by atoms with E-state index in [1.165, 1.54) is 25.9 Å². The standard InChI is InChI=1S/C18H25N3O/c19-16-8-5-15(6-9-16)7-10-18(22)21-13-3-4-17(21)14-20-11-1-2-12-20/h5-10,17H,1-4,11-14,19H2/b10-7+/t17-/m0/s1. The number of rotatable bonds is 4. The van der Waals surface area contributed by atoms with E-state index in [9.17, 15) is 4.79 Å². The predicted molar refractivity (Wildman–Crippen MR) is 90.3 cm³/mol. The largest absolute Gasteiger partial charge is 0.399 e. The number of likely N-dealkylation sites (tertiary alicyclic amines) is 2. The van der Waals surface area contributed by atoms with E-state index in [2.05, 4.69) is 4.90 Å². The number of benzene rings is 1. The first-order chi connectivity index (χ1) is 10.7. The summed E-state index contributed by atoms with van der Waals surface area (Å²) >= 11 is 0. The molecule has 1 aromatic carbocycles. The van der Waals surface area contributed by atoms with Crippen molar-refractivity contribution in [1.29, 1.82) is 0 Å². The highest BCUT2D eigenvalue weighted by Crippen LogP contribution is 2.21. The molecule has 1 atom stereocenters. The highest BCUT2D eigenvalue weighted by Gasteiger charge is 2.29. The maximum absolute atomic E-state index is 12.5. The monoisotopic (exact) mass is 299 g/mol. The number of nitrogens with zero attached hydrogens (tertiary/aromatic N) is 2. The summed E-state index contributed by atoms with van der Waals surface area (Å²) in [5.74, 6) is 0.138. The van der Waals surface area contributed by atoms with Crippen molar-refractivity contribution < 1.29 is 4.79 Å². The summed E-state index contributed by atoms with van der Waals surface area (Å²) in [6.07, 6.45) is 8.45. The van der Waals surface area contributed by atoms with Crippen LogP contribution in [0.4, 0.5) is 5.69 Å². The van der Waals surface area contributed by atoms with E-state index < -0.39 is 0 Å². The first-order valence-electron chi connectivity index (χ1n) is 8.29. The van der Waals surface area contributed by atoms with Crippen molar-refractivity contribution in [2.24, 2.45) is 0 Å². The van der Waals surface area contributed by atoms with Gasteiger partial charge in [-0.15, -0.1) is 0 Å². The van der Waals surface area contributed by atoms with E-state index in [0.717, 1.165) is 37.2 Å². The Kier molecular flexibility index (Phi) is 4.78. The Bertz CT molecular complexity index is 532. The molecule has 2 N–H and O–H groups in total. The average Bonchev–Trinajstić information content (AvgIpc) is 3.19. The van der Waals surface area contributed by atoms with Crippen molar-refractivity contribution in [3.63, 3.8) is 0 Å². The van der Waals surface area contributed by atoms with Crippen LogP contribution in [0.3, 0.4) is 0 Å². The van der Waals surface area contributed by atoms with Crippen LogP contribution in [-0.4, -0.2) is 47.9 Å². The van der Waals surface area contributed by atoms with Crippen molar-refractivity contribution in [2.75, 3.05) is 31.9 Å². The van der Waals surface area contributed by atoms with Crippen LogP contribution in [0, 0.1) is 0 Å². The van der Waals surface area contributed by atoms with Gasteiger partial charge in [-0.2, -0.15) is 0 Å². The van der Waals surface area contributed by atoms with Gasteiger partial charge in [-0.1, -0.05) is 12.1 Å². The highest BCUT2D eigenvalue weighted by atomic mass is 16.2. The normalized spacial score (nSPS) is 22.7. The summed E-state index contributed by atoms with van der Waals surface area (Å²) in [5.41, 5.74) is 7.43. The fourth-order valence-corrected chi connectivity index (χ4v) is 3.45. The molecule has 2 aliphatic heterocycles. The van der Waals surface area contributed by atoms with Gasteiger partial charge in [0.15, 0.2) is 0 Å². The molecule has 2 fully saturated rings. The first kappa shape index (κ1) is 15.1. The quantitative estimate of drug-likeness (QED) is 0.686. The summed E-state index contributed by atoms with van der Waals surface area (Å²) in [6.45, 7) is 4.32. The highest BCUT2D eigenvalue weighted by molar-refractivity contribution is 5.92. The third kappa shape index (κ3) is 3.69. The lowest BCUT2D eigenvalue weighted by atomic mass is 10.2. The molecule has 1 aromatic rings. The molecule has 0 unspecified atom stereocenters. The maximum atomic E-state index is 12.5. The first-order valence-corrected chi connectivity index (χ1v) is 8.29. The average molecular weight is 299 g/mol. The van der Waals surface area contributed by atoms with Crippen molar-refractivity contribution in [2.45, 2.75) is 31.7 Å². The van der Waals surface area contributed by atoms with Crippen LogP contribution in [0.1, 0.15) is 31.2 Å². The van der Waals surface area contributed by atoms with Gasteiger partial charge in [0.1, 0.15) is 0 Å². The van der Waals surface area contributed by atoms with Crippen LogP contribution in [-0.2, 0) is 4.79 Å². The zero-order valence-corrected chi connectivity index (χ0v) is 13.1. The second kappa shape index (κ2) is 6.97. The van der Waals surface area contributed by atoms with E-state index in [1.54, 1.807) is 6.08 Å². The molecule has 2 saturated heterocycles. The number of nitrogen functional groups attached to an aromatic ring is 1. The summed E-state index contributed by atoms with van der Waals surface area (Å²) in [7, 11) is 0. The number of anilines is 1. The summed E-state index contributed by atoms with van der Waals surface area (Å²) < 4.78 is 0. The zero-order chi connectivity index (χ0) is 15.4. The number of hydrogen-bond donors (Lipinski definition) is 1. The molecule has 0 radical (unpaired) electrons. The Morgan fingerprint density at radius 1 is 1.14 bits per heavy atom. The third-order valence-corrected chi connectivity index (χ3v) is 4.68. The van der Waals surface area contributed by atoms with Crippen LogP contribution >= 0.6 is 0 Å². The van der Waals surface area contributed by atoms with Gasteiger partial charge in [0, 0.05) is 30.9 Å². The SMILES string of the molecule is Nc1ccc(/C=C/C(=O)N2CCC[C@H]2CN2CCCC2)cc1. The minimum atomic E-state index is 0.138. The van der Waals surface area contributed by atoms with E-state index in [1.807, 2.05) is 35.2 Å². The summed E-state index contributed by atoms with van der Waals surface area (Å²) in [5, 5.41) is 0. The molecule has 2 aliphatic rings. The number of nitrogens with two attached hydrogens (primary N) is 1. The van der Waals surface area contributed by atoms with Crippen LogP contribution in [0.25, 0.3) is 6.08 Å². The summed E-state index contributed by atoms with van der Waals surface area (Å²) in [6, 6.07) is 7.98. The second-order valence-electron chi connectivity index (χ2n) is 6.34. The molecule has 118 valence electrons. The van der Waals surface area contributed by atoms with Crippen LogP contribution < -0.4 is 5.73 Å². The lowest BCUT2D eigenvalue weighted by Crippen LogP contribution is -2.41.